The lowest BCUT2D eigenvalue weighted by Crippen LogP contribution is -2.23. The summed E-state index contributed by atoms with van der Waals surface area (Å²) >= 11 is 3.49. The number of aryl methyl sites for hydroxylation is 1. The van der Waals surface area contributed by atoms with Gasteiger partial charge in [-0.3, -0.25) is 4.79 Å². The Morgan fingerprint density at radius 1 is 1.50 bits per heavy atom. The number of hydrogen-bond donors (Lipinski definition) is 0. The van der Waals surface area contributed by atoms with Crippen LogP contribution in [0.25, 0.3) is 0 Å². The van der Waals surface area contributed by atoms with Gasteiger partial charge in [-0.05, 0) is 37.0 Å². The molecule has 0 amide bonds. The normalized spacial score (nSPS) is 25.2. The molecule has 14 heavy (non-hydrogen) atoms. The van der Waals surface area contributed by atoms with E-state index in [0.29, 0.717) is 0 Å². The molecule has 74 valence electrons. The summed E-state index contributed by atoms with van der Waals surface area (Å²) in [4.78, 5) is 11.9. The van der Waals surface area contributed by atoms with E-state index in [1.807, 2.05) is 13.0 Å². The number of alkyl halides is 1. The van der Waals surface area contributed by atoms with Crippen molar-refractivity contribution in [2.75, 3.05) is 0 Å². The van der Waals surface area contributed by atoms with Crippen LogP contribution in [-0.4, -0.2) is 10.1 Å². The number of halogens is 1. The second kappa shape index (κ2) is 3.20. The maximum absolute atomic E-state index is 11.9. The molecule has 0 fully saturated rings. The number of Topliss-reactive ketones (excluding diaryl/α,β-unsaturated/α-hetero) is 1. The minimum atomic E-state index is -0.373. The van der Waals surface area contributed by atoms with Gasteiger partial charge in [-0.1, -0.05) is 35.0 Å². The highest BCUT2D eigenvalue weighted by atomic mass is 79.9. The van der Waals surface area contributed by atoms with Gasteiger partial charge >= 0.3 is 0 Å². The fourth-order valence-electron chi connectivity index (χ4n) is 1.93. The van der Waals surface area contributed by atoms with Crippen LogP contribution in [0.5, 0.6) is 0 Å². The second-order valence-electron chi connectivity index (χ2n) is 4.05. The van der Waals surface area contributed by atoms with Crippen molar-refractivity contribution in [2.45, 2.75) is 31.0 Å². The standard InChI is InChI=1S/C12H13BrO/c1-3-8-4-5-9-7-12(2,13)11(14)10(9)6-8/h4-6H,3,7H2,1-2H3. The van der Waals surface area contributed by atoms with Crippen molar-refractivity contribution in [1.29, 1.82) is 0 Å². The summed E-state index contributed by atoms with van der Waals surface area (Å²) in [6.07, 6.45) is 1.80. The van der Waals surface area contributed by atoms with Crippen LogP contribution in [-0.2, 0) is 12.8 Å². The first-order valence-electron chi connectivity index (χ1n) is 4.90. The summed E-state index contributed by atoms with van der Waals surface area (Å²) in [5.74, 6) is 0.225. The van der Waals surface area contributed by atoms with E-state index >= 15 is 0 Å². The number of hydrogen-bond acceptors (Lipinski definition) is 1. The van der Waals surface area contributed by atoms with Gasteiger partial charge in [0.05, 0.1) is 4.32 Å². The average molecular weight is 253 g/mol. The van der Waals surface area contributed by atoms with Crippen molar-refractivity contribution in [3.8, 4) is 0 Å². The van der Waals surface area contributed by atoms with Gasteiger partial charge in [0.2, 0.25) is 0 Å². The van der Waals surface area contributed by atoms with E-state index in [9.17, 15) is 4.79 Å². The molecule has 0 bridgehead atoms. The van der Waals surface area contributed by atoms with Crippen molar-refractivity contribution in [1.82, 2.24) is 0 Å². The molecule has 0 N–H and O–H groups in total. The lowest BCUT2D eigenvalue weighted by atomic mass is 10.0. The Hall–Kier alpha value is -0.630. The van der Waals surface area contributed by atoms with Gasteiger partial charge in [0.1, 0.15) is 0 Å². The zero-order valence-electron chi connectivity index (χ0n) is 8.43. The number of benzene rings is 1. The van der Waals surface area contributed by atoms with Gasteiger partial charge in [0.15, 0.2) is 5.78 Å². The Kier molecular flexibility index (Phi) is 2.26. The molecule has 1 unspecified atom stereocenters. The first-order valence-corrected chi connectivity index (χ1v) is 5.69. The van der Waals surface area contributed by atoms with Crippen molar-refractivity contribution < 1.29 is 4.79 Å². The largest absolute Gasteiger partial charge is 0.293 e. The van der Waals surface area contributed by atoms with Crippen LogP contribution in [0.1, 0.15) is 35.3 Å². The van der Waals surface area contributed by atoms with Gasteiger partial charge in [-0.25, -0.2) is 0 Å². The third-order valence-electron chi connectivity index (χ3n) is 2.82. The number of ketones is 1. The molecule has 1 atom stereocenters. The number of carbonyl (C=O) groups is 1. The zero-order chi connectivity index (χ0) is 10.3. The Labute approximate surface area is 92.6 Å². The summed E-state index contributed by atoms with van der Waals surface area (Å²) < 4.78 is -0.373. The monoisotopic (exact) mass is 252 g/mol. The molecule has 0 radical (unpaired) electrons. The third kappa shape index (κ3) is 1.42. The van der Waals surface area contributed by atoms with Crippen LogP contribution in [0.15, 0.2) is 18.2 Å². The Morgan fingerprint density at radius 3 is 2.86 bits per heavy atom. The lowest BCUT2D eigenvalue weighted by Gasteiger charge is -2.10. The Bertz CT molecular complexity index is 393. The molecule has 0 heterocycles. The van der Waals surface area contributed by atoms with Gasteiger partial charge in [0.25, 0.3) is 0 Å². The highest BCUT2D eigenvalue weighted by Gasteiger charge is 2.39. The van der Waals surface area contributed by atoms with Crippen molar-refractivity contribution >= 4 is 21.7 Å². The Balaban J connectivity index is 2.51. The minimum Gasteiger partial charge on any atom is -0.293 e. The molecule has 1 aromatic carbocycles. The number of rotatable bonds is 1. The molecule has 1 aliphatic rings. The maximum atomic E-state index is 11.9. The number of carbonyl (C=O) groups excluding carboxylic acids is 1. The van der Waals surface area contributed by atoms with E-state index in [4.69, 9.17) is 0 Å². The predicted octanol–water partition coefficient (Wildman–Crippen LogP) is 3.14. The topological polar surface area (TPSA) is 17.1 Å². The van der Waals surface area contributed by atoms with Crippen LogP contribution >= 0.6 is 15.9 Å². The fraction of sp³-hybridized carbons (Fsp3) is 0.417. The molecule has 0 saturated heterocycles. The van der Waals surface area contributed by atoms with E-state index in [1.54, 1.807) is 0 Å². The Morgan fingerprint density at radius 2 is 2.21 bits per heavy atom. The predicted molar refractivity (Wildman–Crippen MR) is 61.2 cm³/mol. The molecule has 1 aliphatic carbocycles. The quantitative estimate of drug-likeness (QED) is 0.702. The molecule has 2 rings (SSSR count). The summed E-state index contributed by atoms with van der Waals surface area (Å²) in [7, 11) is 0. The molecule has 0 aliphatic heterocycles. The lowest BCUT2D eigenvalue weighted by molar-refractivity contribution is 0.0968. The summed E-state index contributed by atoms with van der Waals surface area (Å²) in [6.45, 7) is 4.05. The summed E-state index contributed by atoms with van der Waals surface area (Å²) in [6, 6.07) is 6.23. The molecule has 1 aromatic rings. The first-order chi connectivity index (χ1) is 6.54. The van der Waals surface area contributed by atoms with Gasteiger partial charge in [-0.2, -0.15) is 0 Å². The molecule has 0 spiro atoms. The molecule has 0 saturated carbocycles. The molecule has 1 nitrogen and oxygen atoms in total. The van der Waals surface area contributed by atoms with Crippen molar-refractivity contribution in [3.05, 3.63) is 34.9 Å². The zero-order valence-corrected chi connectivity index (χ0v) is 10.0. The van der Waals surface area contributed by atoms with Gasteiger partial charge in [-0.15, -0.1) is 0 Å². The van der Waals surface area contributed by atoms with E-state index in [-0.39, 0.29) is 10.1 Å². The second-order valence-corrected chi connectivity index (χ2v) is 5.80. The SMILES string of the molecule is CCc1ccc2c(c1)C(=O)C(C)(Br)C2. The highest BCUT2D eigenvalue weighted by molar-refractivity contribution is 9.10. The highest BCUT2D eigenvalue weighted by Crippen LogP contribution is 2.36. The van der Waals surface area contributed by atoms with Crippen LogP contribution in [0.4, 0.5) is 0 Å². The minimum absolute atomic E-state index is 0.225. The molecular weight excluding hydrogens is 240 g/mol. The van der Waals surface area contributed by atoms with Gasteiger partial charge < -0.3 is 0 Å². The number of fused-ring (bicyclic) bond motifs is 1. The molecule has 2 heteroatoms. The van der Waals surface area contributed by atoms with E-state index in [0.717, 1.165) is 18.4 Å². The third-order valence-corrected chi connectivity index (χ3v) is 3.46. The molecule has 0 aromatic heterocycles. The smallest absolute Gasteiger partial charge is 0.179 e. The average Bonchev–Trinajstić information content (AvgIpc) is 2.38. The summed E-state index contributed by atoms with van der Waals surface area (Å²) in [5.41, 5.74) is 3.32. The van der Waals surface area contributed by atoms with Crippen molar-refractivity contribution in [2.24, 2.45) is 0 Å². The maximum Gasteiger partial charge on any atom is 0.179 e. The van der Waals surface area contributed by atoms with E-state index in [2.05, 4.69) is 35.0 Å². The van der Waals surface area contributed by atoms with E-state index in [1.165, 1.54) is 11.1 Å². The van der Waals surface area contributed by atoms with Gasteiger partial charge in [0, 0.05) is 5.56 Å². The summed E-state index contributed by atoms with van der Waals surface area (Å²) in [5, 5.41) is 0. The van der Waals surface area contributed by atoms with Crippen LogP contribution in [0.3, 0.4) is 0 Å². The van der Waals surface area contributed by atoms with Crippen molar-refractivity contribution in [3.63, 3.8) is 0 Å². The van der Waals surface area contributed by atoms with Crippen LogP contribution in [0, 0.1) is 0 Å². The van der Waals surface area contributed by atoms with E-state index < -0.39 is 0 Å². The molecular formula is C12H13BrO. The van der Waals surface area contributed by atoms with Crippen LogP contribution in [0.2, 0.25) is 0 Å². The fourth-order valence-corrected chi connectivity index (χ4v) is 2.44. The van der Waals surface area contributed by atoms with Crippen LogP contribution < -0.4 is 0 Å². The first kappa shape index (κ1) is 9.91.